The Bertz CT molecular complexity index is 559. The molecule has 1 aromatic carbocycles. The summed E-state index contributed by atoms with van der Waals surface area (Å²) in [7, 11) is 0. The number of carbonyl (C=O) groups is 1. The van der Waals surface area contributed by atoms with Crippen molar-refractivity contribution in [3.8, 4) is 0 Å². The van der Waals surface area contributed by atoms with Gasteiger partial charge in [-0.25, -0.2) is 0 Å². The van der Waals surface area contributed by atoms with Gasteiger partial charge in [0.1, 0.15) is 4.47 Å². The normalized spacial score (nSPS) is 22.6. The van der Waals surface area contributed by atoms with E-state index in [0.717, 1.165) is 0 Å². The molecule has 1 atom stereocenters. The first-order valence-corrected chi connectivity index (χ1v) is 7.06. The van der Waals surface area contributed by atoms with Crippen LogP contribution in [-0.4, -0.2) is 39.5 Å². The second-order valence-electron chi connectivity index (χ2n) is 5.22. The minimum atomic E-state index is -0.902. The van der Waals surface area contributed by atoms with E-state index in [9.17, 15) is 20.0 Å². The van der Waals surface area contributed by atoms with Gasteiger partial charge >= 0.3 is 0 Å². The van der Waals surface area contributed by atoms with Crippen LogP contribution in [0.4, 0.5) is 5.69 Å². The molecular weight excluding hydrogens is 328 g/mol. The molecule has 108 valence electrons. The summed E-state index contributed by atoms with van der Waals surface area (Å²) in [4.78, 5) is 24.3. The molecular formula is C13H15BrN2O4. The summed E-state index contributed by atoms with van der Waals surface area (Å²) in [5, 5.41) is 20.9. The molecule has 1 aromatic rings. The first-order chi connectivity index (χ1) is 9.32. The first kappa shape index (κ1) is 14.9. The average Bonchev–Trinajstić information content (AvgIpc) is 2.36. The zero-order valence-electron chi connectivity index (χ0n) is 11.0. The Morgan fingerprint density at radius 1 is 1.55 bits per heavy atom. The standard InChI is InChI=1S/C13H15BrN2O4/c1-13(18)6-3-7-15(8-13)12(17)9-4-2-5-10(11(9)14)16(19)20/h2,4-5,18H,3,6-8H2,1H3. The average molecular weight is 343 g/mol. The molecule has 20 heavy (non-hydrogen) atoms. The van der Waals surface area contributed by atoms with Gasteiger partial charge in [-0.1, -0.05) is 6.07 Å². The lowest BCUT2D eigenvalue weighted by Gasteiger charge is -2.36. The Morgan fingerprint density at radius 2 is 2.25 bits per heavy atom. The Balaban J connectivity index is 2.30. The predicted octanol–water partition coefficient (Wildman–Crippen LogP) is 2.34. The summed E-state index contributed by atoms with van der Waals surface area (Å²) in [6.45, 7) is 2.47. The van der Waals surface area contributed by atoms with E-state index in [4.69, 9.17) is 0 Å². The molecule has 2 rings (SSSR count). The van der Waals surface area contributed by atoms with E-state index >= 15 is 0 Å². The second-order valence-corrected chi connectivity index (χ2v) is 6.02. The SMILES string of the molecule is CC1(O)CCCN(C(=O)c2cccc([N+](=O)[O-])c2Br)C1. The lowest BCUT2D eigenvalue weighted by molar-refractivity contribution is -0.385. The summed E-state index contributed by atoms with van der Waals surface area (Å²) in [6, 6.07) is 4.37. The number of piperidine rings is 1. The lowest BCUT2D eigenvalue weighted by Crippen LogP contribution is -2.48. The molecule has 1 fully saturated rings. The molecule has 0 saturated carbocycles. The molecule has 1 amide bonds. The highest BCUT2D eigenvalue weighted by atomic mass is 79.9. The lowest BCUT2D eigenvalue weighted by atomic mass is 9.94. The van der Waals surface area contributed by atoms with Crippen LogP contribution < -0.4 is 0 Å². The second kappa shape index (κ2) is 5.49. The van der Waals surface area contributed by atoms with Gasteiger partial charge < -0.3 is 10.0 Å². The number of likely N-dealkylation sites (tertiary alicyclic amines) is 1. The maximum Gasteiger partial charge on any atom is 0.284 e. The van der Waals surface area contributed by atoms with E-state index < -0.39 is 10.5 Å². The van der Waals surface area contributed by atoms with Crippen LogP contribution in [0.1, 0.15) is 30.1 Å². The molecule has 1 unspecified atom stereocenters. The van der Waals surface area contributed by atoms with E-state index in [1.165, 1.54) is 17.0 Å². The quantitative estimate of drug-likeness (QED) is 0.660. The highest BCUT2D eigenvalue weighted by molar-refractivity contribution is 9.10. The molecule has 1 N–H and O–H groups in total. The molecule has 7 heteroatoms. The van der Waals surface area contributed by atoms with E-state index in [1.54, 1.807) is 13.0 Å². The third-order valence-corrected chi connectivity index (χ3v) is 4.20. The number of β-amino-alcohol motifs (C(OH)–C–C–N with tert-alkyl or cyclic N) is 1. The minimum Gasteiger partial charge on any atom is -0.388 e. The zero-order chi connectivity index (χ0) is 14.9. The number of nitro benzene ring substituents is 1. The predicted molar refractivity (Wildman–Crippen MR) is 76.6 cm³/mol. The molecule has 1 aliphatic heterocycles. The van der Waals surface area contributed by atoms with Gasteiger partial charge in [0.25, 0.3) is 11.6 Å². The number of hydrogen-bond donors (Lipinski definition) is 1. The fourth-order valence-corrected chi connectivity index (χ4v) is 2.97. The van der Waals surface area contributed by atoms with Gasteiger partial charge in [-0.3, -0.25) is 14.9 Å². The van der Waals surface area contributed by atoms with Crippen LogP contribution in [0.3, 0.4) is 0 Å². The Hall–Kier alpha value is -1.47. The highest BCUT2D eigenvalue weighted by Crippen LogP contribution is 2.30. The van der Waals surface area contributed by atoms with Gasteiger partial charge in [-0.2, -0.15) is 0 Å². The smallest absolute Gasteiger partial charge is 0.284 e. The zero-order valence-corrected chi connectivity index (χ0v) is 12.6. The number of carbonyl (C=O) groups excluding carboxylic acids is 1. The van der Waals surface area contributed by atoms with Crippen molar-refractivity contribution in [3.05, 3.63) is 38.3 Å². The molecule has 1 saturated heterocycles. The number of hydrogen-bond acceptors (Lipinski definition) is 4. The fourth-order valence-electron chi connectivity index (χ4n) is 2.39. The third-order valence-electron chi connectivity index (χ3n) is 3.37. The molecule has 1 heterocycles. The van der Waals surface area contributed by atoms with Crippen molar-refractivity contribution < 1.29 is 14.8 Å². The topological polar surface area (TPSA) is 83.7 Å². The summed E-state index contributed by atoms with van der Waals surface area (Å²) >= 11 is 3.13. The first-order valence-electron chi connectivity index (χ1n) is 6.26. The molecule has 0 aromatic heterocycles. The molecule has 0 aliphatic carbocycles. The minimum absolute atomic E-state index is 0.139. The number of rotatable bonds is 2. The van der Waals surface area contributed by atoms with Crippen LogP contribution in [0.5, 0.6) is 0 Å². The van der Waals surface area contributed by atoms with Crippen LogP contribution in [0, 0.1) is 10.1 Å². The van der Waals surface area contributed by atoms with Crippen LogP contribution in [0.2, 0.25) is 0 Å². The summed E-state index contributed by atoms with van der Waals surface area (Å²) < 4.78 is 0.181. The van der Waals surface area contributed by atoms with Crippen LogP contribution >= 0.6 is 15.9 Å². The van der Waals surface area contributed by atoms with E-state index in [0.29, 0.717) is 19.4 Å². The number of aliphatic hydroxyl groups is 1. The van der Waals surface area contributed by atoms with Crippen LogP contribution in [-0.2, 0) is 0 Å². The molecule has 0 spiro atoms. The Kier molecular flexibility index (Phi) is 4.10. The molecule has 0 bridgehead atoms. The van der Waals surface area contributed by atoms with Crippen LogP contribution in [0.25, 0.3) is 0 Å². The van der Waals surface area contributed by atoms with Gasteiger partial charge in [0.15, 0.2) is 0 Å². The van der Waals surface area contributed by atoms with Gasteiger partial charge in [0.05, 0.1) is 16.1 Å². The van der Waals surface area contributed by atoms with Crippen molar-refractivity contribution in [3.63, 3.8) is 0 Å². The number of benzene rings is 1. The molecule has 0 radical (unpaired) electrons. The highest BCUT2D eigenvalue weighted by Gasteiger charge is 2.32. The Labute approximate surface area is 124 Å². The number of nitrogens with zero attached hydrogens (tertiary/aromatic N) is 2. The van der Waals surface area contributed by atoms with E-state index in [2.05, 4.69) is 15.9 Å². The van der Waals surface area contributed by atoms with Gasteiger partial charge in [-0.05, 0) is 41.8 Å². The van der Waals surface area contributed by atoms with Crippen molar-refractivity contribution in [2.75, 3.05) is 13.1 Å². The maximum atomic E-state index is 12.4. The summed E-state index contributed by atoms with van der Waals surface area (Å²) in [5.41, 5.74) is -0.794. The summed E-state index contributed by atoms with van der Waals surface area (Å²) in [5.74, 6) is -0.305. The van der Waals surface area contributed by atoms with Crippen molar-refractivity contribution in [1.29, 1.82) is 0 Å². The van der Waals surface area contributed by atoms with Gasteiger partial charge in [0, 0.05) is 19.2 Å². The number of amides is 1. The van der Waals surface area contributed by atoms with Crippen LogP contribution in [0.15, 0.2) is 22.7 Å². The van der Waals surface area contributed by atoms with Gasteiger partial charge in [-0.15, -0.1) is 0 Å². The third kappa shape index (κ3) is 2.99. The number of nitro groups is 1. The van der Waals surface area contributed by atoms with Gasteiger partial charge in [0.2, 0.25) is 0 Å². The summed E-state index contributed by atoms with van der Waals surface area (Å²) in [6.07, 6.45) is 1.36. The van der Waals surface area contributed by atoms with Crippen molar-refractivity contribution in [1.82, 2.24) is 4.90 Å². The van der Waals surface area contributed by atoms with E-state index in [-0.39, 0.29) is 28.2 Å². The van der Waals surface area contributed by atoms with Crippen molar-refractivity contribution in [2.45, 2.75) is 25.4 Å². The fraction of sp³-hybridized carbons (Fsp3) is 0.462. The number of halogens is 1. The molecule has 1 aliphatic rings. The molecule has 6 nitrogen and oxygen atoms in total. The van der Waals surface area contributed by atoms with Crippen molar-refractivity contribution in [2.24, 2.45) is 0 Å². The van der Waals surface area contributed by atoms with Crippen molar-refractivity contribution >= 4 is 27.5 Å². The maximum absolute atomic E-state index is 12.4. The monoisotopic (exact) mass is 342 g/mol. The van der Waals surface area contributed by atoms with E-state index in [1.807, 2.05) is 0 Å². The Morgan fingerprint density at radius 3 is 2.85 bits per heavy atom. The largest absolute Gasteiger partial charge is 0.388 e.